The molecule has 9 N–H and O–H groups in total. The fourth-order valence-corrected chi connectivity index (χ4v) is 6.02. The van der Waals surface area contributed by atoms with Gasteiger partial charge in [-0.1, -0.05) is 0 Å². The molecule has 220 valence electrons. The van der Waals surface area contributed by atoms with Crippen LogP contribution in [0.4, 0.5) is 11.9 Å². The number of rotatable bonds is 7. The Bertz CT molecular complexity index is 1780. The Morgan fingerprint density at radius 2 is 1.59 bits per heavy atom. The van der Waals surface area contributed by atoms with Gasteiger partial charge in [0.15, 0.2) is 22.3 Å². The third-order valence-corrected chi connectivity index (χ3v) is 7.63. The molecule has 0 aromatic carbocycles. The third-order valence-electron chi connectivity index (χ3n) is 7.12. The van der Waals surface area contributed by atoms with Crippen LogP contribution in [0.2, 0.25) is 0 Å². The number of nitrogen functional groups attached to an aromatic ring is 2. The second-order valence-electron chi connectivity index (χ2n) is 9.66. The second kappa shape index (κ2) is 9.96. The number of hydrogen-bond donors (Lipinski definition) is 7. The Balaban J connectivity index is 1.33. The van der Waals surface area contributed by atoms with Crippen LogP contribution < -0.4 is 27.5 Å². The minimum atomic E-state index is -5.42. The van der Waals surface area contributed by atoms with Crippen molar-refractivity contribution in [1.29, 1.82) is 0 Å². The number of aliphatic hydroxyl groups is 2. The summed E-state index contributed by atoms with van der Waals surface area (Å²) in [6, 6.07) is 0. The lowest BCUT2D eigenvalue weighted by molar-refractivity contribution is -0.234. The van der Waals surface area contributed by atoms with Gasteiger partial charge in [-0.3, -0.25) is 33.3 Å². The zero-order valence-corrected chi connectivity index (χ0v) is 21.7. The van der Waals surface area contributed by atoms with E-state index in [0.29, 0.717) is 0 Å². The number of nitrogens with two attached hydrogens (primary N) is 2. The Morgan fingerprint density at radius 3 is 2.10 bits per heavy atom. The highest BCUT2D eigenvalue weighted by atomic mass is 31.2. The van der Waals surface area contributed by atoms with E-state index < -0.39 is 68.3 Å². The molecule has 0 bridgehead atoms. The van der Waals surface area contributed by atoms with Crippen molar-refractivity contribution >= 4 is 42.0 Å². The predicted octanol–water partition coefficient (Wildman–Crippen LogP) is -3.19. The highest BCUT2D eigenvalue weighted by Gasteiger charge is 2.51. The fraction of sp³-hybridized carbons (Fsp3) is 0.500. The van der Waals surface area contributed by atoms with Crippen LogP contribution in [0.3, 0.4) is 0 Å². The van der Waals surface area contributed by atoms with Crippen molar-refractivity contribution in [2.75, 3.05) is 18.1 Å². The summed E-state index contributed by atoms with van der Waals surface area (Å²) in [5.41, 5.74) is 10.2. The van der Waals surface area contributed by atoms with E-state index in [1.54, 1.807) is 0 Å². The van der Waals surface area contributed by atoms with Crippen molar-refractivity contribution < 1.29 is 38.6 Å². The maximum absolute atomic E-state index is 12.2. The molecule has 2 aliphatic heterocycles. The quantitative estimate of drug-likeness (QED) is 0.103. The molecule has 4 aromatic rings. The van der Waals surface area contributed by atoms with Gasteiger partial charge >= 0.3 is 0 Å². The van der Waals surface area contributed by atoms with Crippen LogP contribution in [0, 0.1) is 5.92 Å². The summed E-state index contributed by atoms with van der Waals surface area (Å²) < 4.78 is 31.7. The van der Waals surface area contributed by atoms with Gasteiger partial charge < -0.3 is 45.5 Å². The largest absolute Gasteiger partial charge is 0.756 e. The van der Waals surface area contributed by atoms with Crippen LogP contribution in [-0.4, -0.2) is 85.2 Å². The number of aromatic nitrogens is 8. The van der Waals surface area contributed by atoms with Gasteiger partial charge in [0.25, 0.3) is 18.9 Å². The Morgan fingerprint density at radius 1 is 1.05 bits per heavy atom. The average Bonchev–Trinajstić information content (AvgIpc) is 3.66. The number of imidazole rings is 2. The summed E-state index contributed by atoms with van der Waals surface area (Å²) in [5.74, 6) is -1.34. The molecule has 2 fully saturated rings. The molecule has 0 saturated carbocycles. The number of phosphoric ester groups is 1. The number of anilines is 2. The molecule has 6 heterocycles. The monoisotopic (exact) mass is 595 g/mol. The molecule has 0 radical (unpaired) electrons. The maximum atomic E-state index is 12.2. The van der Waals surface area contributed by atoms with Crippen molar-refractivity contribution in [3.05, 3.63) is 33.4 Å². The summed E-state index contributed by atoms with van der Waals surface area (Å²) in [4.78, 5) is 66.8. The Hall–Kier alpha value is -3.75. The van der Waals surface area contributed by atoms with E-state index in [9.17, 15) is 34.2 Å². The van der Waals surface area contributed by atoms with E-state index in [0.717, 1.165) is 0 Å². The summed E-state index contributed by atoms with van der Waals surface area (Å²) in [5, 5.41) is 21.1. The second-order valence-corrected chi connectivity index (χ2v) is 10.8. The molecular weight excluding hydrogens is 571 g/mol. The van der Waals surface area contributed by atoms with Gasteiger partial charge in [-0.15, -0.1) is 0 Å². The zero-order valence-electron chi connectivity index (χ0n) is 20.8. The number of ether oxygens (including phenoxy) is 2. The number of H-pyrrole nitrogens is 2. The Labute approximate surface area is 227 Å². The number of hydrogen-bond acceptors (Lipinski definition) is 15. The highest BCUT2D eigenvalue weighted by Crippen LogP contribution is 2.47. The molecular formula is C20H24N10O10P-. The molecule has 4 aromatic heterocycles. The number of fused-ring (bicyclic) bond motifs is 2. The number of nitrogens with one attached hydrogen (secondary N) is 2. The molecule has 0 aliphatic carbocycles. The normalized spacial score (nSPS) is 28.9. The van der Waals surface area contributed by atoms with Gasteiger partial charge in [0.1, 0.15) is 24.7 Å². The molecule has 3 unspecified atom stereocenters. The SMILES string of the molecule is Nc1nc2c(ncn2[C@H]2CC(C(OP(=O)([O-])O)[C@@H]3O[C@@H](n4cnc5c(=O)[nH]c(N)nc54)C[C@@H]3O)[C@H](CO)O2)c(=O)[nH]1. The van der Waals surface area contributed by atoms with Crippen LogP contribution in [0.15, 0.2) is 22.2 Å². The number of aliphatic hydroxyl groups excluding tert-OH is 2. The van der Waals surface area contributed by atoms with E-state index in [1.165, 1.54) is 21.8 Å². The highest BCUT2D eigenvalue weighted by molar-refractivity contribution is 7.44. The van der Waals surface area contributed by atoms with Gasteiger partial charge in [0.2, 0.25) is 11.9 Å². The van der Waals surface area contributed by atoms with Gasteiger partial charge in [0, 0.05) is 18.8 Å². The molecule has 2 aliphatic rings. The van der Waals surface area contributed by atoms with Gasteiger partial charge in [0.05, 0.1) is 31.5 Å². The summed E-state index contributed by atoms with van der Waals surface area (Å²) in [6.07, 6.45) is -4.91. The molecule has 2 saturated heterocycles. The number of nitrogens with zero attached hydrogens (tertiary/aromatic N) is 6. The molecule has 21 heteroatoms. The van der Waals surface area contributed by atoms with Crippen LogP contribution in [-0.2, 0) is 18.6 Å². The molecule has 20 nitrogen and oxygen atoms in total. The number of aromatic amines is 2. The van der Waals surface area contributed by atoms with Crippen molar-refractivity contribution in [2.24, 2.45) is 5.92 Å². The van der Waals surface area contributed by atoms with Gasteiger partial charge in [-0.2, -0.15) is 9.97 Å². The first kappa shape index (κ1) is 27.4. The van der Waals surface area contributed by atoms with E-state index in [2.05, 4.69) is 29.9 Å². The molecule has 6 rings (SSSR count). The summed E-state index contributed by atoms with van der Waals surface area (Å²) in [7, 11) is -5.42. The fourth-order valence-electron chi connectivity index (χ4n) is 5.43. The van der Waals surface area contributed by atoms with Crippen molar-refractivity contribution in [3.8, 4) is 0 Å². The molecule has 0 amide bonds. The summed E-state index contributed by atoms with van der Waals surface area (Å²) in [6.45, 7) is -0.608. The molecule has 8 atom stereocenters. The molecule has 41 heavy (non-hydrogen) atoms. The van der Waals surface area contributed by atoms with Crippen molar-refractivity contribution in [3.63, 3.8) is 0 Å². The smallest absolute Gasteiger partial charge is 0.280 e. The van der Waals surface area contributed by atoms with Gasteiger partial charge in [-0.05, 0) is 0 Å². The van der Waals surface area contributed by atoms with Crippen molar-refractivity contribution in [2.45, 2.75) is 49.7 Å². The minimum absolute atomic E-state index is 0.0305. The van der Waals surface area contributed by atoms with Crippen molar-refractivity contribution in [1.82, 2.24) is 39.0 Å². The predicted molar refractivity (Wildman–Crippen MR) is 133 cm³/mol. The van der Waals surface area contributed by atoms with Crippen LogP contribution in [0.5, 0.6) is 0 Å². The van der Waals surface area contributed by atoms with E-state index in [4.69, 9.17) is 25.5 Å². The third kappa shape index (κ3) is 4.89. The van der Waals surface area contributed by atoms with Gasteiger partial charge in [-0.25, -0.2) is 9.97 Å². The average molecular weight is 595 g/mol. The lowest BCUT2D eigenvalue weighted by atomic mass is 9.89. The number of phosphoric acid groups is 1. The van der Waals surface area contributed by atoms with Crippen LogP contribution in [0.25, 0.3) is 22.3 Å². The topological polar surface area (TPSA) is 308 Å². The molecule has 0 spiro atoms. The zero-order chi connectivity index (χ0) is 29.2. The minimum Gasteiger partial charge on any atom is -0.756 e. The van der Waals surface area contributed by atoms with E-state index in [1.807, 2.05) is 0 Å². The maximum Gasteiger partial charge on any atom is 0.280 e. The lowest BCUT2D eigenvalue weighted by Gasteiger charge is -2.34. The standard InChI is InChI=1S/C20H25N10O10P/c21-19-25-15-11(17(33)27-19)23-4-29(15)9-1-6(8(3-31)38-9)13(40-41(35,36)37)14-7(32)2-10(39-14)30-5-24-12-16(30)26-20(22)28-18(12)34/h4-10,13-14,31-32H,1-3H2,(H2,35,36,37)(H3,21,25,27,33)(H3,22,26,28,34)/p-1/t6?,7-,8-,9+,10+,13?,14+/m0/s1. The first-order chi connectivity index (χ1) is 19.4. The lowest BCUT2D eigenvalue weighted by Crippen LogP contribution is -2.45. The Kier molecular flexibility index (Phi) is 6.66. The van der Waals surface area contributed by atoms with Crippen LogP contribution >= 0.6 is 7.82 Å². The summed E-state index contributed by atoms with van der Waals surface area (Å²) >= 11 is 0. The first-order valence-electron chi connectivity index (χ1n) is 12.2. The van der Waals surface area contributed by atoms with E-state index >= 15 is 0 Å². The van der Waals surface area contributed by atoms with E-state index in [-0.39, 0.29) is 47.1 Å². The van der Waals surface area contributed by atoms with Crippen LogP contribution in [0.1, 0.15) is 25.3 Å². The first-order valence-corrected chi connectivity index (χ1v) is 13.7.